The van der Waals surface area contributed by atoms with E-state index < -0.39 is 70.1 Å². The van der Waals surface area contributed by atoms with Crippen LogP contribution in [0.4, 0.5) is 70.2 Å². The molecular weight excluding hydrogens is 502 g/mol. The summed E-state index contributed by atoms with van der Waals surface area (Å²) in [6.07, 6.45) is -10.9. The summed E-state index contributed by atoms with van der Waals surface area (Å²) >= 11 is 0. The Kier molecular flexibility index (Phi) is 6.62. The van der Waals surface area contributed by atoms with Gasteiger partial charge in [-0.1, -0.05) is 6.92 Å². The molecule has 0 fully saturated rings. The predicted molar refractivity (Wildman–Crippen MR) is 63.0 cm³/mol. The highest BCUT2D eigenvalue weighted by Crippen LogP contribution is 2.64. The molecule has 1 atom stereocenters. The molecule has 0 saturated carbocycles. The molecule has 0 amide bonds. The fourth-order valence-electron chi connectivity index (χ4n) is 1.87. The van der Waals surface area contributed by atoms with Crippen molar-refractivity contribution in [3.8, 4) is 0 Å². The van der Waals surface area contributed by atoms with Crippen LogP contribution in [0.5, 0.6) is 0 Å². The van der Waals surface area contributed by atoms with E-state index >= 15 is 0 Å². The third-order valence-electron chi connectivity index (χ3n) is 3.74. The van der Waals surface area contributed by atoms with E-state index in [0.29, 0.717) is 0 Å². The van der Waals surface area contributed by atoms with Crippen LogP contribution < -0.4 is 5.14 Å². The standard InChI is InChI=1S/C10H7F16NO2S/c1-2-3(11,5(14,15)10(25,26)30(27,28)29)4(12,13)6(16,17)7(18,19)8(20,21)9(22,23)24/h2H2,1H3,(H2,27,28,29). The van der Waals surface area contributed by atoms with Crippen molar-refractivity contribution in [2.24, 2.45) is 5.14 Å². The van der Waals surface area contributed by atoms with Gasteiger partial charge in [-0.3, -0.25) is 0 Å². The van der Waals surface area contributed by atoms with Gasteiger partial charge in [0.1, 0.15) is 0 Å². The van der Waals surface area contributed by atoms with Crippen LogP contribution in [0.2, 0.25) is 0 Å². The van der Waals surface area contributed by atoms with E-state index in [4.69, 9.17) is 0 Å². The molecule has 0 aromatic carbocycles. The number of sulfonamides is 1. The van der Waals surface area contributed by atoms with E-state index in [1.54, 1.807) is 0 Å². The number of hydrogen-bond donors (Lipinski definition) is 1. The molecule has 0 radical (unpaired) electrons. The van der Waals surface area contributed by atoms with Gasteiger partial charge in [0.25, 0.3) is 10.0 Å². The monoisotopic (exact) mass is 509 g/mol. The van der Waals surface area contributed by atoms with Crippen molar-refractivity contribution < 1.29 is 78.7 Å². The highest BCUT2D eigenvalue weighted by molar-refractivity contribution is 7.90. The minimum absolute atomic E-state index is 0.461. The van der Waals surface area contributed by atoms with Crippen molar-refractivity contribution in [2.45, 2.75) is 60.1 Å². The van der Waals surface area contributed by atoms with Gasteiger partial charge in [0.05, 0.1) is 0 Å². The molecule has 0 saturated heterocycles. The number of rotatable bonds is 8. The van der Waals surface area contributed by atoms with Crippen molar-refractivity contribution in [1.29, 1.82) is 0 Å². The van der Waals surface area contributed by atoms with Gasteiger partial charge in [0.15, 0.2) is 0 Å². The molecule has 0 heterocycles. The molecular formula is C10H7F16NO2S. The summed E-state index contributed by atoms with van der Waals surface area (Å²) < 4.78 is 231. The molecule has 0 aromatic heterocycles. The maximum atomic E-state index is 14.2. The summed E-state index contributed by atoms with van der Waals surface area (Å²) in [5.74, 6) is -40.8. The second-order valence-corrected chi connectivity index (χ2v) is 7.19. The normalized spacial score (nSPS) is 18.3. The van der Waals surface area contributed by atoms with Gasteiger partial charge in [-0.05, 0) is 6.42 Å². The van der Waals surface area contributed by atoms with Crippen LogP contribution in [-0.2, 0) is 10.0 Å². The van der Waals surface area contributed by atoms with Crippen molar-refractivity contribution in [1.82, 2.24) is 0 Å². The second-order valence-electron chi connectivity index (χ2n) is 5.59. The maximum absolute atomic E-state index is 14.2. The zero-order valence-corrected chi connectivity index (χ0v) is 14.4. The summed E-state index contributed by atoms with van der Waals surface area (Å²) in [5.41, 5.74) is -7.15. The number of hydrogen-bond acceptors (Lipinski definition) is 2. The lowest BCUT2D eigenvalue weighted by Gasteiger charge is -2.45. The van der Waals surface area contributed by atoms with Crippen molar-refractivity contribution in [2.75, 3.05) is 0 Å². The number of halogens is 16. The Morgan fingerprint density at radius 2 is 0.867 bits per heavy atom. The molecule has 20 heteroatoms. The van der Waals surface area contributed by atoms with Crippen LogP contribution in [0.3, 0.4) is 0 Å². The van der Waals surface area contributed by atoms with Crippen LogP contribution in [0.15, 0.2) is 0 Å². The van der Waals surface area contributed by atoms with Crippen LogP contribution in [0, 0.1) is 0 Å². The first-order valence-electron chi connectivity index (χ1n) is 6.61. The highest BCUT2D eigenvalue weighted by Gasteiger charge is 2.94. The zero-order valence-electron chi connectivity index (χ0n) is 13.6. The smallest absolute Gasteiger partial charge is 0.230 e. The molecule has 0 rings (SSSR count). The molecule has 0 spiro atoms. The predicted octanol–water partition coefficient (Wildman–Crippen LogP) is 4.72. The summed E-state index contributed by atoms with van der Waals surface area (Å²) in [6, 6.07) is 0. The zero-order chi connectivity index (χ0) is 25.2. The van der Waals surface area contributed by atoms with Gasteiger partial charge in [-0.15, -0.1) is 0 Å². The average molecular weight is 509 g/mol. The Hall–Kier alpha value is -1.21. The van der Waals surface area contributed by atoms with Crippen LogP contribution in [0.25, 0.3) is 0 Å². The molecule has 0 aliphatic carbocycles. The Morgan fingerprint density at radius 1 is 0.567 bits per heavy atom. The maximum Gasteiger partial charge on any atom is 0.460 e. The van der Waals surface area contributed by atoms with Gasteiger partial charge in [0, 0.05) is 0 Å². The fraction of sp³-hybridized carbons (Fsp3) is 1.00. The summed E-state index contributed by atoms with van der Waals surface area (Å²) in [6.45, 7) is -0.461. The summed E-state index contributed by atoms with van der Waals surface area (Å²) in [5, 5.41) is -3.70. The molecule has 30 heavy (non-hydrogen) atoms. The first kappa shape index (κ1) is 28.8. The molecule has 2 N–H and O–H groups in total. The van der Waals surface area contributed by atoms with Crippen molar-refractivity contribution in [3.05, 3.63) is 0 Å². The lowest BCUT2D eigenvalue weighted by Crippen LogP contribution is -2.76. The summed E-state index contributed by atoms with van der Waals surface area (Å²) in [7, 11) is -7.16. The molecule has 0 bridgehead atoms. The van der Waals surface area contributed by atoms with Crippen molar-refractivity contribution in [3.63, 3.8) is 0 Å². The molecule has 182 valence electrons. The fourth-order valence-corrected chi connectivity index (χ4v) is 2.39. The van der Waals surface area contributed by atoms with E-state index in [9.17, 15) is 78.7 Å². The van der Waals surface area contributed by atoms with Gasteiger partial charge < -0.3 is 0 Å². The first-order chi connectivity index (χ1) is 12.6. The molecule has 1 unspecified atom stereocenters. The second kappa shape index (κ2) is 6.89. The Morgan fingerprint density at radius 3 is 1.10 bits per heavy atom. The third-order valence-corrected chi connectivity index (χ3v) is 4.72. The minimum Gasteiger partial charge on any atom is -0.230 e. The lowest BCUT2D eigenvalue weighted by molar-refractivity contribution is -0.444. The van der Waals surface area contributed by atoms with E-state index in [-0.39, 0.29) is 0 Å². The third kappa shape index (κ3) is 3.27. The van der Waals surface area contributed by atoms with Gasteiger partial charge in [-0.2, -0.15) is 65.9 Å². The lowest BCUT2D eigenvalue weighted by atomic mass is 9.80. The van der Waals surface area contributed by atoms with Crippen molar-refractivity contribution >= 4 is 10.0 Å². The molecule has 3 nitrogen and oxygen atoms in total. The first-order valence-corrected chi connectivity index (χ1v) is 8.15. The Balaban J connectivity index is 7.10. The van der Waals surface area contributed by atoms with Gasteiger partial charge in [-0.25, -0.2) is 17.9 Å². The average Bonchev–Trinajstić information content (AvgIpc) is 2.50. The molecule has 0 aliphatic heterocycles. The van der Waals surface area contributed by atoms with E-state index in [2.05, 4.69) is 5.14 Å². The topological polar surface area (TPSA) is 60.2 Å². The Bertz CT molecular complexity index is 756. The number of alkyl halides is 16. The van der Waals surface area contributed by atoms with Gasteiger partial charge in [0.2, 0.25) is 5.67 Å². The SMILES string of the molecule is CCC(F)(C(F)(F)C(F)(F)C(F)(F)C(F)(F)C(F)(F)F)C(F)(F)C(F)(F)S(N)(=O)=O. The van der Waals surface area contributed by atoms with Crippen LogP contribution >= 0.6 is 0 Å². The number of nitrogens with two attached hydrogens (primary N) is 1. The van der Waals surface area contributed by atoms with E-state index in [0.717, 1.165) is 0 Å². The van der Waals surface area contributed by atoms with Crippen LogP contribution in [-0.4, -0.2) is 55.1 Å². The van der Waals surface area contributed by atoms with Crippen LogP contribution in [0.1, 0.15) is 13.3 Å². The largest absolute Gasteiger partial charge is 0.460 e. The minimum atomic E-state index is -8.44. The highest BCUT2D eigenvalue weighted by atomic mass is 32.2. The number of primary sulfonamides is 1. The van der Waals surface area contributed by atoms with E-state index in [1.807, 2.05) is 0 Å². The van der Waals surface area contributed by atoms with Gasteiger partial charge >= 0.3 is 41.0 Å². The molecule has 0 aliphatic rings. The summed E-state index contributed by atoms with van der Waals surface area (Å²) in [4.78, 5) is 0. The quantitative estimate of drug-likeness (QED) is 0.482. The Labute approximate surface area is 155 Å². The molecule has 0 aromatic rings. The van der Waals surface area contributed by atoms with E-state index in [1.165, 1.54) is 0 Å².